The number of aromatic hydroxyl groups is 1. The molecule has 0 fully saturated rings. The molecule has 0 amide bonds. The van der Waals surface area contributed by atoms with E-state index in [1.807, 2.05) is 0 Å². The Morgan fingerprint density at radius 2 is 2.06 bits per heavy atom. The van der Waals surface area contributed by atoms with E-state index >= 15 is 0 Å². The number of carbonyl (C=O) groups is 2. The first-order chi connectivity index (χ1) is 7.11. The molecule has 84 valence electrons. The Kier molecular flexibility index (Phi) is 3.13. The van der Waals surface area contributed by atoms with Crippen molar-refractivity contribution in [2.75, 3.05) is 0 Å². The third-order valence-corrected chi connectivity index (χ3v) is 2.26. The molecule has 1 aromatic carbocycles. The number of aromatic nitrogens is 1. The number of ketones is 1. The van der Waals surface area contributed by atoms with Gasteiger partial charge >= 0.3 is 0 Å². The number of hydrogen-bond acceptors (Lipinski definition) is 3. The van der Waals surface area contributed by atoms with Gasteiger partial charge in [-0.2, -0.15) is 0 Å². The predicted octanol–water partition coefficient (Wildman–Crippen LogP) is 2.52. The summed E-state index contributed by atoms with van der Waals surface area (Å²) >= 11 is 0. The maximum atomic E-state index is 11.1. The molecule has 0 bridgehead atoms. The van der Waals surface area contributed by atoms with Crippen molar-refractivity contribution < 1.29 is 14.7 Å². The summed E-state index contributed by atoms with van der Waals surface area (Å²) in [6.45, 7) is 1.38. The second-order valence-electron chi connectivity index (χ2n) is 3.36. The highest BCUT2D eigenvalue weighted by Crippen LogP contribution is 2.25. The smallest absolute Gasteiger partial charge is 0.166 e. The van der Waals surface area contributed by atoms with Crippen molar-refractivity contribution in [1.82, 2.24) is 4.98 Å². The highest BCUT2D eigenvalue weighted by atomic mass is 16.3. The van der Waals surface area contributed by atoms with Crippen LogP contribution in [0.1, 0.15) is 35.2 Å². The molecule has 0 aliphatic heterocycles. The number of benzene rings is 1. The molecule has 4 nitrogen and oxygen atoms in total. The number of carbonyl (C=O) groups excluding carboxylic acids is 2. The van der Waals surface area contributed by atoms with Gasteiger partial charge in [0.05, 0.1) is 11.3 Å². The molecule has 1 heterocycles. The van der Waals surface area contributed by atoms with Crippen molar-refractivity contribution in [3.8, 4) is 5.75 Å². The van der Waals surface area contributed by atoms with Gasteiger partial charge in [0.1, 0.15) is 5.75 Å². The van der Waals surface area contributed by atoms with Gasteiger partial charge in [0, 0.05) is 17.0 Å². The van der Waals surface area contributed by atoms with Crippen molar-refractivity contribution in [3.63, 3.8) is 0 Å². The highest BCUT2D eigenvalue weighted by molar-refractivity contribution is 6.01. The van der Waals surface area contributed by atoms with E-state index in [0.717, 1.165) is 5.39 Å². The van der Waals surface area contributed by atoms with Crippen LogP contribution in [-0.4, -0.2) is 22.2 Å². The number of nitrogens with one attached hydrogen (secondary N) is 1. The SMILES string of the molecule is C.CC(=O)c1cc2cc(C=O)[nH]c2cc1O. The molecule has 0 aliphatic rings. The Labute approximate surface area is 92.9 Å². The molecule has 2 rings (SSSR count). The third kappa shape index (κ3) is 1.82. The zero-order chi connectivity index (χ0) is 11.0. The summed E-state index contributed by atoms with van der Waals surface area (Å²) in [6, 6.07) is 4.64. The Morgan fingerprint density at radius 3 is 2.62 bits per heavy atom. The molecule has 0 saturated carbocycles. The molecular weight excluding hydrogens is 206 g/mol. The van der Waals surface area contributed by atoms with Crippen molar-refractivity contribution in [2.24, 2.45) is 0 Å². The number of H-pyrrole nitrogens is 1. The average molecular weight is 219 g/mol. The molecule has 16 heavy (non-hydrogen) atoms. The van der Waals surface area contributed by atoms with Gasteiger partial charge in [-0.1, -0.05) is 7.43 Å². The number of aromatic amines is 1. The van der Waals surface area contributed by atoms with Crippen LogP contribution in [0.15, 0.2) is 18.2 Å². The zero-order valence-electron chi connectivity index (χ0n) is 8.07. The fraction of sp³-hybridized carbons (Fsp3) is 0.167. The number of phenols is 1. The van der Waals surface area contributed by atoms with Crippen LogP contribution in [0, 0.1) is 0 Å². The predicted molar refractivity (Wildman–Crippen MR) is 62.1 cm³/mol. The van der Waals surface area contributed by atoms with Crippen molar-refractivity contribution >= 4 is 23.0 Å². The van der Waals surface area contributed by atoms with Crippen LogP contribution in [-0.2, 0) is 0 Å². The van der Waals surface area contributed by atoms with E-state index in [1.165, 1.54) is 13.0 Å². The molecule has 2 aromatic rings. The number of Topliss-reactive ketones (excluding diaryl/α,β-unsaturated/α-hetero) is 1. The lowest BCUT2D eigenvalue weighted by Crippen LogP contribution is -1.91. The molecule has 0 aliphatic carbocycles. The summed E-state index contributed by atoms with van der Waals surface area (Å²) in [5.41, 5.74) is 1.32. The van der Waals surface area contributed by atoms with E-state index < -0.39 is 0 Å². The van der Waals surface area contributed by atoms with Gasteiger partial charge in [-0.15, -0.1) is 0 Å². The van der Waals surface area contributed by atoms with Crippen LogP contribution < -0.4 is 0 Å². The summed E-state index contributed by atoms with van der Waals surface area (Å²) in [4.78, 5) is 24.5. The fourth-order valence-electron chi connectivity index (χ4n) is 1.54. The van der Waals surface area contributed by atoms with Gasteiger partial charge in [0.15, 0.2) is 12.1 Å². The number of hydrogen-bond donors (Lipinski definition) is 2. The molecule has 0 radical (unpaired) electrons. The van der Waals surface area contributed by atoms with E-state index in [9.17, 15) is 14.7 Å². The largest absolute Gasteiger partial charge is 0.507 e. The standard InChI is InChI=1S/C11H9NO3.CH4/c1-6(14)9-3-7-2-8(5-13)12-10(7)4-11(9)15;/h2-5,12,15H,1H3;1H4. The Balaban J connectivity index is 0.00000128. The summed E-state index contributed by atoms with van der Waals surface area (Å²) in [7, 11) is 0. The quantitative estimate of drug-likeness (QED) is 0.602. The maximum absolute atomic E-state index is 11.1. The van der Waals surface area contributed by atoms with Crippen LogP contribution in [0.3, 0.4) is 0 Å². The summed E-state index contributed by atoms with van der Waals surface area (Å²) in [6.07, 6.45) is 0.685. The molecule has 2 N–H and O–H groups in total. The molecule has 0 unspecified atom stereocenters. The van der Waals surface area contributed by atoms with Gasteiger partial charge in [-0.25, -0.2) is 0 Å². The van der Waals surface area contributed by atoms with Gasteiger partial charge in [-0.05, 0) is 19.1 Å². The van der Waals surface area contributed by atoms with Crippen LogP contribution in [0.2, 0.25) is 0 Å². The van der Waals surface area contributed by atoms with Crippen LogP contribution in [0.4, 0.5) is 0 Å². The number of phenolic OH excluding ortho intramolecular Hbond substituents is 1. The topological polar surface area (TPSA) is 70.2 Å². The molecule has 1 aromatic heterocycles. The first-order valence-electron chi connectivity index (χ1n) is 4.43. The first kappa shape index (κ1) is 12.0. The minimum atomic E-state index is -0.205. The lowest BCUT2D eigenvalue weighted by molar-refractivity contribution is 0.101. The summed E-state index contributed by atoms with van der Waals surface area (Å²) in [5, 5.41) is 10.3. The monoisotopic (exact) mass is 219 g/mol. The second kappa shape index (κ2) is 4.18. The van der Waals surface area contributed by atoms with Crippen molar-refractivity contribution in [3.05, 3.63) is 29.5 Å². The Bertz CT molecular complexity index is 555. The molecule has 0 saturated heterocycles. The van der Waals surface area contributed by atoms with Gasteiger partial charge < -0.3 is 10.1 Å². The fourth-order valence-corrected chi connectivity index (χ4v) is 1.54. The van der Waals surface area contributed by atoms with E-state index in [4.69, 9.17) is 0 Å². The maximum Gasteiger partial charge on any atom is 0.166 e. The number of aldehydes is 1. The van der Waals surface area contributed by atoms with Gasteiger partial charge in [0.2, 0.25) is 0 Å². The third-order valence-electron chi connectivity index (χ3n) is 2.26. The average Bonchev–Trinajstić information content (AvgIpc) is 2.58. The van der Waals surface area contributed by atoms with E-state index in [-0.39, 0.29) is 24.5 Å². The molecular formula is C12H13NO3. The lowest BCUT2D eigenvalue weighted by Gasteiger charge is -1.99. The second-order valence-corrected chi connectivity index (χ2v) is 3.36. The van der Waals surface area contributed by atoms with Gasteiger partial charge in [0.25, 0.3) is 0 Å². The number of fused-ring (bicyclic) bond motifs is 1. The minimum Gasteiger partial charge on any atom is -0.507 e. The lowest BCUT2D eigenvalue weighted by atomic mass is 10.1. The highest BCUT2D eigenvalue weighted by Gasteiger charge is 2.09. The zero-order valence-corrected chi connectivity index (χ0v) is 8.07. The first-order valence-corrected chi connectivity index (χ1v) is 4.43. The van der Waals surface area contributed by atoms with Crippen molar-refractivity contribution in [2.45, 2.75) is 14.4 Å². The summed E-state index contributed by atoms with van der Waals surface area (Å²) < 4.78 is 0. The van der Waals surface area contributed by atoms with Crippen LogP contribution in [0.25, 0.3) is 10.9 Å². The van der Waals surface area contributed by atoms with Crippen molar-refractivity contribution in [1.29, 1.82) is 0 Å². The molecule has 4 heteroatoms. The van der Waals surface area contributed by atoms with E-state index in [1.54, 1.807) is 12.1 Å². The van der Waals surface area contributed by atoms with E-state index in [0.29, 0.717) is 17.5 Å². The van der Waals surface area contributed by atoms with Crippen LogP contribution in [0.5, 0.6) is 5.75 Å². The summed E-state index contributed by atoms with van der Waals surface area (Å²) in [5.74, 6) is -0.280. The minimum absolute atomic E-state index is 0. The van der Waals surface area contributed by atoms with E-state index in [2.05, 4.69) is 4.98 Å². The molecule has 0 spiro atoms. The number of rotatable bonds is 2. The van der Waals surface area contributed by atoms with Crippen LogP contribution >= 0.6 is 0 Å². The normalized spacial score (nSPS) is 9.81. The van der Waals surface area contributed by atoms with Gasteiger partial charge in [-0.3, -0.25) is 9.59 Å². The molecule has 0 atom stereocenters. The Morgan fingerprint density at radius 1 is 1.38 bits per heavy atom. The Hall–Kier alpha value is -2.10.